The van der Waals surface area contributed by atoms with E-state index in [1.54, 1.807) is 0 Å². The van der Waals surface area contributed by atoms with E-state index in [4.69, 9.17) is 0 Å². The van der Waals surface area contributed by atoms with E-state index in [2.05, 4.69) is 137 Å². The molecular weight excluding hydrogens is 649 g/mol. The van der Waals surface area contributed by atoms with Gasteiger partial charge in [0.15, 0.2) is 0 Å². The Morgan fingerprint density at radius 1 is 0.296 bits per heavy atom. The minimum Gasteiger partial charge on any atom is -0.0654 e. The molecule has 0 amide bonds. The summed E-state index contributed by atoms with van der Waals surface area (Å²) in [6, 6.07) is 42.3. The van der Waals surface area contributed by atoms with Gasteiger partial charge in [0, 0.05) is 0 Å². The Hall–Kier alpha value is -3.90. The van der Waals surface area contributed by atoms with E-state index in [0.29, 0.717) is 0 Å². The molecule has 0 aromatic heterocycles. The van der Waals surface area contributed by atoms with Crippen molar-refractivity contribution in [1.82, 2.24) is 0 Å². The summed E-state index contributed by atoms with van der Waals surface area (Å²) >= 11 is 0. The minimum atomic E-state index is 1.13. The van der Waals surface area contributed by atoms with Crippen LogP contribution in [-0.2, 0) is 19.3 Å². The van der Waals surface area contributed by atoms with Crippen LogP contribution in [0.25, 0.3) is 44.5 Å². The van der Waals surface area contributed by atoms with Crippen LogP contribution in [0.2, 0.25) is 0 Å². The SMILES string of the molecule is CCCCCCCCCCCCc1cc(-c2ccc(-c3ccc(CCCCC)cc3)cc2)c(CCCCCC)cc1-c1ccc(-c2ccc(C)cc2)cc1. The Morgan fingerprint density at radius 2 is 0.593 bits per heavy atom. The third-order valence-corrected chi connectivity index (χ3v) is 11.6. The lowest BCUT2D eigenvalue weighted by atomic mass is 9.86. The van der Waals surface area contributed by atoms with Gasteiger partial charge in [0.05, 0.1) is 0 Å². The summed E-state index contributed by atoms with van der Waals surface area (Å²) in [4.78, 5) is 0. The molecule has 0 aliphatic heterocycles. The van der Waals surface area contributed by atoms with E-state index in [0.717, 1.165) is 12.8 Å². The molecule has 0 heterocycles. The van der Waals surface area contributed by atoms with Gasteiger partial charge >= 0.3 is 0 Å². The molecule has 5 aromatic carbocycles. The maximum atomic E-state index is 2.59. The molecule has 0 fully saturated rings. The van der Waals surface area contributed by atoms with E-state index in [1.165, 1.54) is 182 Å². The van der Waals surface area contributed by atoms with Crippen molar-refractivity contribution in [2.45, 2.75) is 156 Å². The standard InChI is InChI=1S/C54H70/c1-5-8-11-13-14-15-16-17-18-21-24-52-42-53(50-39-35-48(36-40-50)46-31-27-44(28-32-46)22-19-10-7-3)51(23-20-12-9-6-2)41-54(52)49-37-33-47(34-38-49)45-29-25-43(4)26-30-45/h25-42H,5-24H2,1-4H3. The van der Waals surface area contributed by atoms with Crippen LogP contribution in [0.3, 0.4) is 0 Å². The lowest BCUT2D eigenvalue weighted by molar-refractivity contribution is 0.556. The average Bonchev–Trinajstić information content (AvgIpc) is 3.21. The van der Waals surface area contributed by atoms with Gasteiger partial charge in [0.1, 0.15) is 0 Å². The molecule has 5 rings (SSSR count). The van der Waals surface area contributed by atoms with Crippen LogP contribution in [0.4, 0.5) is 0 Å². The fourth-order valence-electron chi connectivity index (χ4n) is 8.06. The lowest BCUT2D eigenvalue weighted by Gasteiger charge is -2.19. The van der Waals surface area contributed by atoms with E-state index in [9.17, 15) is 0 Å². The minimum absolute atomic E-state index is 1.13. The number of hydrogen-bond donors (Lipinski definition) is 0. The van der Waals surface area contributed by atoms with E-state index >= 15 is 0 Å². The molecule has 0 atom stereocenters. The first kappa shape index (κ1) is 41.3. The topological polar surface area (TPSA) is 0 Å². The first-order valence-electron chi connectivity index (χ1n) is 22.1. The van der Waals surface area contributed by atoms with Gasteiger partial charge in [0.2, 0.25) is 0 Å². The summed E-state index contributed by atoms with van der Waals surface area (Å²) < 4.78 is 0. The van der Waals surface area contributed by atoms with Crippen molar-refractivity contribution in [2.75, 3.05) is 0 Å². The zero-order chi connectivity index (χ0) is 37.8. The summed E-state index contributed by atoms with van der Waals surface area (Å²) in [6.45, 7) is 9.06. The summed E-state index contributed by atoms with van der Waals surface area (Å²) in [5, 5.41) is 0. The number of unbranched alkanes of at least 4 members (excludes halogenated alkanes) is 14. The molecule has 0 saturated heterocycles. The Kier molecular flexibility index (Phi) is 17.7. The second-order valence-corrected chi connectivity index (χ2v) is 16.1. The van der Waals surface area contributed by atoms with E-state index < -0.39 is 0 Å². The van der Waals surface area contributed by atoms with E-state index in [1.807, 2.05) is 0 Å². The molecule has 286 valence electrons. The highest BCUT2D eigenvalue weighted by Crippen LogP contribution is 2.36. The Balaban J connectivity index is 1.40. The molecular formula is C54H70. The molecule has 0 N–H and O–H groups in total. The second-order valence-electron chi connectivity index (χ2n) is 16.1. The number of rotatable bonds is 24. The molecule has 0 saturated carbocycles. The van der Waals surface area contributed by atoms with Crippen molar-refractivity contribution >= 4 is 0 Å². The van der Waals surface area contributed by atoms with Crippen LogP contribution < -0.4 is 0 Å². The van der Waals surface area contributed by atoms with Gasteiger partial charge in [0.25, 0.3) is 0 Å². The highest BCUT2D eigenvalue weighted by Gasteiger charge is 2.15. The van der Waals surface area contributed by atoms with Gasteiger partial charge in [-0.15, -0.1) is 0 Å². The predicted octanol–water partition coefficient (Wildman–Crippen LogP) is 17.0. The first-order valence-corrected chi connectivity index (χ1v) is 22.1. The van der Waals surface area contributed by atoms with Crippen molar-refractivity contribution < 1.29 is 0 Å². The second kappa shape index (κ2) is 23.1. The highest BCUT2D eigenvalue weighted by molar-refractivity contribution is 5.79. The smallest absolute Gasteiger partial charge is 0.0149 e. The molecule has 5 aromatic rings. The van der Waals surface area contributed by atoms with Crippen LogP contribution >= 0.6 is 0 Å². The van der Waals surface area contributed by atoms with Gasteiger partial charge in [-0.2, -0.15) is 0 Å². The largest absolute Gasteiger partial charge is 0.0654 e. The maximum Gasteiger partial charge on any atom is -0.0149 e. The Morgan fingerprint density at radius 3 is 1.02 bits per heavy atom. The van der Waals surface area contributed by atoms with Crippen LogP contribution in [0, 0.1) is 6.92 Å². The zero-order valence-electron chi connectivity index (χ0n) is 34.5. The molecule has 0 unspecified atom stereocenters. The van der Waals surface area contributed by atoms with Gasteiger partial charge in [-0.05, 0) is 107 Å². The van der Waals surface area contributed by atoms with Gasteiger partial charge < -0.3 is 0 Å². The quantitative estimate of drug-likeness (QED) is 0.0557. The molecule has 0 heteroatoms. The summed E-state index contributed by atoms with van der Waals surface area (Å²) in [6.07, 6.45) is 26.1. The maximum absolute atomic E-state index is 2.59. The normalized spacial score (nSPS) is 11.3. The van der Waals surface area contributed by atoms with Crippen molar-refractivity contribution in [3.05, 3.63) is 131 Å². The van der Waals surface area contributed by atoms with Gasteiger partial charge in [-0.25, -0.2) is 0 Å². The Bertz CT molecular complexity index is 1750. The summed E-state index contributed by atoms with van der Waals surface area (Å²) in [5.41, 5.74) is 16.5. The van der Waals surface area contributed by atoms with E-state index in [-0.39, 0.29) is 0 Å². The first-order chi connectivity index (χ1) is 26.6. The molecule has 0 aliphatic rings. The summed E-state index contributed by atoms with van der Waals surface area (Å²) in [5.74, 6) is 0. The number of aryl methyl sites for hydroxylation is 4. The molecule has 0 bridgehead atoms. The van der Waals surface area contributed by atoms with Gasteiger partial charge in [-0.3, -0.25) is 0 Å². The fraction of sp³-hybridized carbons (Fsp3) is 0.444. The van der Waals surface area contributed by atoms with Crippen LogP contribution in [0.5, 0.6) is 0 Å². The third kappa shape index (κ3) is 12.9. The molecule has 0 spiro atoms. The highest BCUT2D eigenvalue weighted by atomic mass is 14.2. The Labute approximate surface area is 330 Å². The van der Waals surface area contributed by atoms with Crippen molar-refractivity contribution in [3.8, 4) is 44.5 Å². The predicted molar refractivity (Wildman–Crippen MR) is 240 cm³/mol. The number of hydrogen-bond acceptors (Lipinski definition) is 0. The van der Waals surface area contributed by atoms with Gasteiger partial charge in [-0.1, -0.05) is 225 Å². The monoisotopic (exact) mass is 719 g/mol. The van der Waals surface area contributed by atoms with Crippen molar-refractivity contribution in [2.24, 2.45) is 0 Å². The molecule has 0 radical (unpaired) electrons. The third-order valence-electron chi connectivity index (χ3n) is 11.6. The summed E-state index contributed by atoms with van der Waals surface area (Å²) in [7, 11) is 0. The van der Waals surface area contributed by atoms with Crippen molar-refractivity contribution in [1.29, 1.82) is 0 Å². The molecule has 0 aliphatic carbocycles. The lowest BCUT2D eigenvalue weighted by Crippen LogP contribution is -1.99. The van der Waals surface area contributed by atoms with Crippen LogP contribution in [0.15, 0.2) is 109 Å². The molecule has 54 heavy (non-hydrogen) atoms. The fourth-order valence-corrected chi connectivity index (χ4v) is 8.06. The zero-order valence-corrected chi connectivity index (χ0v) is 34.5. The average molecular weight is 719 g/mol. The van der Waals surface area contributed by atoms with Crippen LogP contribution in [-0.4, -0.2) is 0 Å². The number of benzene rings is 5. The van der Waals surface area contributed by atoms with Crippen molar-refractivity contribution in [3.63, 3.8) is 0 Å². The van der Waals surface area contributed by atoms with Crippen LogP contribution in [0.1, 0.15) is 152 Å². The molecule has 0 nitrogen and oxygen atoms in total.